The number of urea groups is 1. The third-order valence-electron chi connectivity index (χ3n) is 3.75. The highest BCUT2D eigenvalue weighted by atomic mass is 16.5. The largest absolute Gasteiger partial charge is 0.489 e. The second-order valence-electron chi connectivity index (χ2n) is 6.04. The van der Waals surface area contributed by atoms with E-state index in [1.807, 2.05) is 6.07 Å². The maximum atomic E-state index is 12.5. The molecular weight excluding hydrogens is 330 g/mol. The molecule has 3 N–H and O–H groups in total. The van der Waals surface area contributed by atoms with Crippen molar-refractivity contribution in [2.24, 2.45) is 0 Å². The molecule has 0 saturated heterocycles. The van der Waals surface area contributed by atoms with Crippen LogP contribution in [0.5, 0.6) is 5.75 Å². The summed E-state index contributed by atoms with van der Waals surface area (Å²) in [5, 5.41) is 8.41. The highest BCUT2D eigenvalue weighted by Gasteiger charge is 2.23. The molecule has 6 heteroatoms. The van der Waals surface area contributed by atoms with Gasteiger partial charge in [0.05, 0.1) is 0 Å². The number of carbonyl (C=O) groups excluding carboxylic acids is 2. The number of anilines is 2. The van der Waals surface area contributed by atoms with E-state index < -0.39 is 0 Å². The van der Waals surface area contributed by atoms with Crippen molar-refractivity contribution in [2.75, 3.05) is 17.2 Å². The maximum Gasteiger partial charge on any atom is 0.319 e. The first-order valence-electron chi connectivity index (χ1n) is 8.47. The van der Waals surface area contributed by atoms with E-state index in [1.165, 1.54) is 0 Å². The van der Waals surface area contributed by atoms with Crippen LogP contribution in [-0.2, 0) is 0 Å². The Morgan fingerprint density at radius 1 is 1.08 bits per heavy atom. The Bertz CT molecular complexity index is 815. The molecule has 0 aliphatic heterocycles. The first kappa shape index (κ1) is 17.5. The predicted octanol–water partition coefficient (Wildman–Crippen LogP) is 3.79. The summed E-state index contributed by atoms with van der Waals surface area (Å²) in [6, 6.07) is 14.0. The van der Waals surface area contributed by atoms with Crippen LogP contribution in [0.25, 0.3) is 0 Å². The monoisotopic (exact) mass is 351 g/mol. The molecule has 0 bridgehead atoms. The van der Waals surface area contributed by atoms with Gasteiger partial charge < -0.3 is 20.7 Å². The van der Waals surface area contributed by atoms with E-state index in [2.05, 4.69) is 22.5 Å². The lowest BCUT2D eigenvalue weighted by Crippen LogP contribution is -2.30. The second-order valence-corrected chi connectivity index (χ2v) is 6.04. The van der Waals surface area contributed by atoms with Crippen LogP contribution in [0.3, 0.4) is 0 Å². The van der Waals surface area contributed by atoms with Gasteiger partial charge in [0.25, 0.3) is 5.91 Å². The molecule has 0 heterocycles. The van der Waals surface area contributed by atoms with Crippen LogP contribution in [0.1, 0.15) is 23.2 Å². The van der Waals surface area contributed by atoms with Crippen molar-refractivity contribution in [2.45, 2.75) is 18.9 Å². The Kier molecular flexibility index (Phi) is 5.53. The van der Waals surface area contributed by atoms with Crippen LogP contribution in [0, 0.1) is 0 Å². The summed E-state index contributed by atoms with van der Waals surface area (Å²) >= 11 is 0. The van der Waals surface area contributed by atoms with Gasteiger partial charge in [0.1, 0.15) is 12.4 Å². The van der Waals surface area contributed by atoms with Crippen LogP contribution in [-0.4, -0.2) is 24.6 Å². The molecule has 1 fully saturated rings. The molecule has 6 nitrogen and oxygen atoms in total. The summed E-state index contributed by atoms with van der Waals surface area (Å²) in [4.78, 5) is 24.3. The number of carbonyl (C=O) groups is 2. The molecule has 134 valence electrons. The molecule has 1 aliphatic carbocycles. The lowest BCUT2D eigenvalue weighted by molar-refractivity contribution is 0.102. The highest BCUT2D eigenvalue weighted by molar-refractivity contribution is 6.05. The van der Waals surface area contributed by atoms with Crippen molar-refractivity contribution < 1.29 is 14.3 Å². The van der Waals surface area contributed by atoms with Crippen molar-refractivity contribution in [1.29, 1.82) is 0 Å². The molecule has 2 aromatic rings. The number of ether oxygens (including phenoxy) is 1. The topological polar surface area (TPSA) is 79.5 Å². The summed E-state index contributed by atoms with van der Waals surface area (Å²) in [5.74, 6) is 0.381. The van der Waals surface area contributed by atoms with Crippen LogP contribution in [0.4, 0.5) is 16.2 Å². The Hall–Kier alpha value is -3.28. The summed E-state index contributed by atoms with van der Waals surface area (Å²) in [6.07, 6.45) is 3.69. The Morgan fingerprint density at radius 2 is 1.81 bits per heavy atom. The lowest BCUT2D eigenvalue weighted by Gasteiger charge is -2.10. The first-order valence-corrected chi connectivity index (χ1v) is 8.47. The SMILES string of the molecule is C=CCOc1cccc(NC(=O)c2cccc(NC(=O)NC3CC3)c2)c1. The van der Waals surface area contributed by atoms with Crippen molar-refractivity contribution in [3.63, 3.8) is 0 Å². The molecule has 1 saturated carbocycles. The van der Waals surface area contributed by atoms with E-state index in [0.717, 1.165) is 12.8 Å². The summed E-state index contributed by atoms with van der Waals surface area (Å²) in [6.45, 7) is 4.00. The van der Waals surface area contributed by atoms with Gasteiger partial charge in [-0.3, -0.25) is 4.79 Å². The first-order chi connectivity index (χ1) is 12.6. The zero-order chi connectivity index (χ0) is 18.4. The van der Waals surface area contributed by atoms with Crippen molar-refractivity contribution in [3.8, 4) is 5.75 Å². The number of hydrogen-bond donors (Lipinski definition) is 3. The summed E-state index contributed by atoms with van der Waals surface area (Å²) < 4.78 is 5.46. The normalized spacial score (nSPS) is 12.8. The maximum absolute atomic E-state index is 12.5. The quantitative estimate of drug-likeness (QED) is 0.664. The minimum Gasteiger partial charge on any atom is -0.489 e. The molecular formula is C20H21N3O3. The molecule has 3 amide bonds. The Morgan fingerprint density at radius 3 is 2.54 bits per heavy atom. The molecule has 1 aliphatic rings. The zero-order valence-electron chi connectivity index (χ0n) is 14.3. The van der Waals surface area contributed by atoms with E-state index in [9.17, 15) is 9.59 Å². The minimum absolute atomic E-state index is 0.253. The van der Waals surface area contributed by atoms with Gasteiger partial charge in [0.15, 0.2) is 0 Å². The molecule has 0 atom stereocenters. The van der Waals surface area contributed by atoms with E-state index in [0.29, 0.717) is 29.3 Å². The lowest BCUT2D eigenvalue weighted by atomic mass is 10.2. The van der Waals surface area contributed by atoms with E-state index in [4.69, 9.17) is 4.74 Å². The van der Waals surface area contributed by atoms with Gasteiger partial charge >= 0.3 is 6.03 Å². The predicted molar refractivity (Wildman–Crippen MR) is 102 cm³/mol. The van der Waals surface area contributed by atoms with Gasteiger partial charge in [-0.25, -0.2) is 4.79 Å². The van der Waals surface area contributed by atoms with Gasteiger partial charge in [0, 0.05) is 29.0 Å². The third-order valence-corrected chi connectivity index (χ3v) is 3.75. The number of rotatable bonds is 7. The van der Waals surface area contributed by atoms with Gasteiger partial charge in [-0.2, -0.15) is 0 Å². The van der Waals surface area contributed by atoms with Gasteiger partial charge in [0.2, 0.25) is 0 Å². The molecule has 0 spiro atoms. The fourth-order valence-electron chi connectivity index (χ4n) is 2.34. The highest BCUT2D eigenvalue weighted by Crippen LogP contribution is 2.20. The number of hydrogen-bond acceptors (Lipinski definition) is 3. The van der Waals surface area contributed by atoms with Gasteiger partial charge in [-0.05, 0) is 43.2 Å². The third kappa shape index (κ3) is 5.11. The van der Waals surface area contributed by atoms with Gasteiger partial charge in [-0.1, -0.05) is 24.8 Å². The average molecular weight is 351 g/mol. The van der Waals surface area contributed by atoms with E-state index >= 15 is 0 Å². The minimum atomic E-state index is -0.267. The molecule has 0 unspecified atom stereocenters. The second kappa shape index (κ2) is 8.20. The smallest absolute Gasteiger partial charge is 0.319 e. The number of benzene rings is 2. The number of nitrogens with one attached hydrogen (secondary N) is 3. The van der Waals surface area contributed by atoms with Crippen LogP contribution in [0.2, 0.25) is 0 Å². The van der Waals surface area contributed by atoms with Crippen LogP contribution >= 0.6 is 0 Å². The standard InChI is InChI=1S/C20H21N3O3/c1-2-11-26-18-8-4-7-17(13-18)21-19(24)14-5-3-6-16(12-14)23-20(25)22-15-9-10-15/h2-8,12-13,15H,1,9-11H2,(H,21,24)(H2,22,23,25). The Balaban J connectivity index is 1.63. The Labute approximate surface area is 152 Å². The number of amides is 3. The molecule has 3 rings (SSSR count). The van der Waals surface area contributed by atoms with Gasteiger partial charge in [-0.15, -0.1) is 0 Å². The molecule has 2 aromatic carbocycles. The van der Waals surface area contributed by atoms with E-state index in [-0.39, 0.29) is 18.0 Å². The molecule has 0 aromatic heterocycles. The summed E-state index contributed by atoms with van der Waals surface area (Å²) in [7, 11) is 0. The molecule has 0 radical (unpaired) electrons. The van der Waals surface area contributed by atoms with E-state index in [1.54, 1.807) is 48.5 Å². The van der Waals surface area contributed by atoms with Crippen molar-refractivity contribution in [3.05, 3.63) is 66.7 Å². The fraction of sp³-hybridized carbons (Fsp3) is 0.200. The van der Waals surface area contributed by atoms with Crippen molar-refractivity contribution >= 4 is 23.3 Å². The fourth-order valence-corrected chi connectivity index (χ4v) is 2.34. The zero-order valence-corrected chi connectivity index (χ0v) is 14.3. The summed E-state index contributed by atoms with van der Waals surface area (Å²) in [5.41, 5.74) is 1.65. The van der Waals surface area contributed by atoms with Crippen LogP contribution < -0.4 is 20.7 Å². The molecule has 26 heavy (non-hydrogen) atoms. The average Bonchev–Trinajstić information content (AvgIpc) is 3.44. The van der Waals surface area contributed by atoms with Crippen molar-refractivity contribution in [1.82, 2.24) is 5.32 Å². The van der Waals surface area contributed by atoms with Crippen LogP contribution in [0.15, 0.2) is 61.2 Å².